The molecule has 3 rings (SSSR count). The standard InChI is InChI=1S/C20H17N3O6S3/c1-3-28-19(24)15-16(20(25)29-4-2)18(22-11-13-7-8-14(31-13)23(26)27)32-17(15)21-10-12-6-5-9-30-12/h5-11H,3-4H2,1-2H3. The second-order valence-corrected chi connectivity index (χ2v) is 8.92. The minimum absolute atomic E-state index is 0.0209. The van der Waals surface area contributed by atoms with E-state index in [2.05, 4.69) is 9.98 Å². The summed E-state index contributed by atoms with van der Waals surface area (Å²) in [4.78, 5) is 45.9. The van der Waals surface area contributed by atoms with Crippen molar-refractivity contribution < 1.29 is 24.0 Å². The first-order valence-corrected chi connectivity index (χ1v) is 11.8. The summed E-state index contributed by atoms with van der Waals surface area (Å²) in [5.41, 5.74) is -0.0663. The number of carbonyl (C=O) groups is 2. The summed E-state index contributed by atoms with van der Waals surface area (Å²) < 4.78 is 10.3. The van der Waals surface area contributed by atoms with Crippen LogP contribution in [0.3, 0.4) is 0 Å². The number of esters is 2. The summed E-state index contributed by atoms with van der Waals surface area (Å²) in [7, 11) is 0. The molecule has 0 aliphatic carbocycles. The summed E-state index contributed by atoms with van der Waals surface area (Å²) in [5, 5.41) is 13.2. The number of hydrogen-bond acceptors (Lipinski definition) is 11. The van der Waals surface area contributed by atoms with Gasteiger partial charge in [-0.15, -0.1) is 11.3 Å². The summed E-state index contributed by atoms with van der Waals surface area (Å²) in [5.74, 6) is -1.44. The van der Waals surface area contributed by atoms with Crippen LogP contribution >= 0.6 is 34.0 Å². The Hall–Kier alpha value is -3.22. The number of rotatable bonds is 9. The molecule has 0 aromatic carbocycles. The van der Waals surface area contributed by atoms with E-state index >= 15 is 0 Å². The van der Waals surface area contributed by atoms with E-state index in [0.717, 1.165) is 27.6 Å². The van der Waals surface area contributed by atoms with Gasteiger partial charge in [0.05, 0.1) is 23.0 Å². The van der Waals surface area contributed by atoms with Crippen LogP contribution in [0.4, 0.5) is 15.0 Å². The van der Waals surface area contributed by atoms with Crippen molar-refractivity contribution in [2.45, 2.75) is 13.8 Å². The lowest BCUT2D eigenvalue weighted by Crippen LogP contribution is -2.12. The molecule has 32 heavy (non-hydrogen) atoms. The molecule has 0 bridgehead atoms. The number of nitrogens with zero attached hydrogens (tertiary/aromatic N) is 3. The lowest BCUT2D eigenvalue weighted by molar-refractivity contribution is -0.380. The second kappa shape index (κ2) is 10.9. The van der Waals surface area contributed by atoms with Gasteiger partial charge in [0.15, 0.2) is 0 Å². The molecule has 0 fully saturated rings. The molecule has 0 saturated carbocycles. The molecule has 0 unspecified atom stereocenters. The number of ether oxygens (including phenoxy) is 2. The Morgan fingerprint density at radius 1 is 0.969 bits per heavy atom. The van der Waals surface area contributed by atoms with Crippen LogP contribution in [0.15, 0.2) is 39.6 Å². The molecular formula is C20H17N3O6S3. The van der Waals surface area contributed by atoms with Gasteiger partial charge in [0.1, 0.15) is 21.1 Å². The quantitative estimate of drug-likeness (QED) is 0.165. The number of thiophene rings is 3. The third kappa shape index (κ3) is 5.52. The highest BCUT2D eigenvalue weighted by Gasteiger charge is 2.30. The van der Waals surface area contributed by atoms with E-state index in [9.17, 15) is 19.7 Å². The number of nitro groups is 1. The van der Waals surface area contributed by atoms with Crippen molar-refractivity contribution in [3.8, 4) is 0 Å². The first-order chi connectivity index (χ1) is 15.4. The van der Waals surface area contributed by atoms with Crippen molar-refractivity contribution in [2.75, 3.05) is 13.2 Å². The van der Waals surface area contributed by atoms with E-state index in [-0.39, 0.29) is 39.3 Å². The first-order valence-electron chi connectivity index (χ1n) is 9.31. The van der Waals surface area contributed by atoms with Gasteiger partial charge in [-0.25, -0.2) is 19.6 Å². The van der Waals surface area contributed by atoms with Crippen molar-refractivity contribution in [3.63, 3.8) is 0 Å². The molecule has 3 aromatic heterocycles. The zero-order valence-electron chi connectivity index (χ0n) is 17.0. The summed E-state index contributed by atoms with van der Waals surface area (Å²) in [6, 6.07) is 6.65. The van der Waals surface area contributed by atoms with Gasteiger partial charge in [-0.2, -0.15) is 0 Å². The Balaban J connectivity index is 2.09. The maximum Gasteiger partial charge on any atom is 0.342 e. The van der Waals surface area contributed by atoms with Crippen molar-refractivity contribution in [3.05, 3.63) is 60.6 Å². The van der Waals surface area contributed by atoms with Gasteiger partial charge in [0.25, 0.3) is 0 Å². The molecule has 0 radical (unpaired) electrons. The molecule has 0 aliphatic heterocycles. The molecule has 0 atom stereocenters. The van der Waals surface area contributed by atoms with E-state index in [1.807, 2.05) is 17.5 Å². The number of carbonyl (C=O) groups excluding carboxylic acids is 2. The molecule has 166 valence electrons. The minimum atomic E-state index is -0.728. The van der Waals surface area contributed by atoms with Crippen LogP contribution in [0, 0.1) is 10.1 Å². The predicted molar refractivity (Wildman–Crippen MR) is 126 cm³/mol. The third-order valence-electron chi connectivity index (χ3n) is 3.78. The predicted octanol–water partition coefficient (Wildman–Crippen LogP) is 5.63. The topological polar surface area (TPSA) is 120 Å². The molecule has 3 heterocycles. The Bertz CT molecular complexity index is 1180. The molecule has 9 nitrogen and oxygen atoms in total. The zero-order chi connectivity index (χ0) is 23.1. The van der Waals surface area contributed by atoms with Crippen molar-refractivity contribution in [1.82, 2.24) is 0 Å². The van der Waals surface area contributed by atoms with Gasteiger partial charge in [-0.3, -0.25) is 10.1 Å². The highest BCUT2D eigenvalue weighted by molar-refractivity contribution is 7.20. The van der Waals surface area contributed by atoms with E-state index in [4.69, 9.17) is 9.47 Å². The smallest absolute Gasteiger partial charge is 0.342 e. The SMILES string of the molecule is CCOC(=O)c1c(N=Cc2cccs2)sc(N=Cc2ccc([N+](=O)[O-])s2)c1C(=O)OCC. The number of aliphatic imine (C=N–C) groups is 2. The zero-order valence-corrected chi connectivity index (χ0v) is 19.4. The second-order valence-electron chi connectivity index (χ2n) is 5.87. The van der Waals surface area contributed by atoms with E-state index < -0.39 is 16.9 Å². The van der Waals surface area contributed by atoms with Crippen LogP contribution in [0.1, 0.15) is 44.3 Å². The highest BCUT2D eigenvalue weighted by atomic mass is 32.1. The van der Waals surface area contributed by atoms with Crippen molar-refractivity contribution in [1.29, 1.82) is 0 Å². The van der Waals surface area contributed by atoms with E-state index in [1.165, 1.54) is 23.6 Å². The minimum Gasteiger partial charge on any atom is -0.462 e. The maximum absolute atomic E-state index is 12.7. The van der Waals surface area contributed by atoms with Crippen LogP contribution in [0.2, 0.25) is 0 Å². The van der Waals surface area contributed by atoms with Gasteiger partial charge in [-0.1, -0.05) is 28.7 Å². The van der Waals surface area contributed by atoms with Gasteiger partial charge in [0, 0.05) is 23.4 Å². The Kier molecular flexibility index (Phi) is 7.98. The number of hydrogen-bond donors (Lipinski definition) is 0. The van der Waals surface area contributed by atoms with E-state index in [1.54, 1.807) is 26.1 Å². The van der Waals surface area contributed by atoms with Crippen LogP contribution in [-0.4, -0.2) is 42.5 Å². The molecule has 0 saturated heterocycles. The van der Waals surface area contributed by atoms with E-state index in [0.29, 0.717) is 4.88 Å². The van der Waals surface area contributed by atoms with Crippen LogP contribution in [0.25, 0.3) is 0 Å². The van der Waals surface area contributed by atoms with Crippen molar-refractivity contribution in [2.24, 2.45) is 9.98 Å². The monoisotopic (exact) mass is 491 g/mol. The lowest BCUT2D eigenvalue weighted by Gasteiger charge is -2.05. The summed E-state index contributed by atoms with van der Waals surface area (Å²) >= 11 is 3.43. The van der Waals surface area contributed by atoms with Crippen molar-refractivity contribution >= 4 is 73.4 Å². The molecule has 12 heteroatoms. The average Bonchev–Trinajstić information content (AvgIpc) is 3.50. The Morgan fingerprint density at radius 3 is 2.03 bits per heavy atom. The normalized spacial score (nSPS) is 11.3. The molecule has 0 amide bonds. The maximum atomic E-state index is 12.7. The van der Waals surface area contributed by atoms with Crippen LogP contribution in [-0.2, 0) is 9.47 Å². The average molecular weight is 492 g/mol. The van der Waals surface area contributed by atoms with Crippen LogP contribution < -0.4 is 0 Å². The lowest BCUT2D eigenvalue weighted by atomic mass is 10.1. The molecule has 0 aliphatic rings. The molecule has 0 spiro atoms. The summed E-state index contributed by atoms with van der Waals surface area (Å²) in [6.07, 6.45) is 2.98. The van der Waals surface area contributed by atoms with Gasteiger partial charge < -0.3 is 9.47 Å². The molecule has 0 N–H and O–H groups in total. The highest BCUT2D eigenvalue weighted by Crippen LogP contribution is 2.42. The fourth-order valence-corrected chi connectivity index (χ4v) is 4.74. The van der Waals surface area contributed by atoms with Gasteiger partial charge in [0.2, 0.25) is 0 Å². The molecule has 3 aromatic rings. The van der Waals surface area contributed by atoms with Crippen LogP contribution in [0.5, 0.6) is 0 Å². The Labute approximate surface area is 194 Å². The molecular weight excluding hydrogens is 474 g/mol. The largest absolute Gasteiger partial charge is 0.462 e. The summed E-state index contributed by atoms with van der Waals surface area (Å²) in [6.45, 7) is 3.52. The fourth-order valence-electron chi connectivity index (χ4n) is 2.49. The fraction of sp³-hybridized carbons (Fsp3) is 0.200. The third-order valence-corrected chi connectivity index (χ3v) is 6.57. The first kappa shape index (κ1) is 23.4. The van der Waals surface area contributed by atoms with Gasteiger partial charge in [-0.05, 0) is 31.4 Å². The van der Waals surface area contributed by atoms with Gasteiger partial charge >= 0.3 is 16.9 Å². The Morgan fingerprint density at radius 2 is 1.56 bits per heavy atom.